The van der Waals surface area contributed by atoms with E-state index in [9.17, 15) is 0 Å². The predicted octanol–water partition coefficient (Wildman–Crippen LogP) is 3.55. The van der Waals surface area contributed by atoms with Gasteiger partial charge in [-0.15, -0.1) is 0 Å². The molecular weight excluding hydrogens is 302 g/mol. The molecule has 0 unspecified atom stereocenters. The standard InChI is InChI=1S/C11H10BrN3OS/c12-9-7(13)2-1-3-8(9)16-11-14-10(15-17-11)6-4-5-6/h1-3,6H,4-5,13H2. The summed E-state index contributed by atoms with van der Waals surface area (Å²) in [6.45, 7) is 0. The summed E-state index contributed by atoms with van der Waals surface area (Å²) in [5, 5.41) is 0.568. The van der Waals surface area contributed by atoms with Crippen LogP contribution in [0.4, 0.5) is 5.69 Å². The van der Waals surface area contributed by atoms with E-state index in [1.54, 1.807) is 0 Å². The van der Waals surface area contributed by atoms with Gasteiger partial charge < -0.3 is 10.5 Å². The molecule has 2 aromatic rings. The molecule has 2 N–H and O–H groups in total. The minimum Gasteiger partial charge on any atom is -0.429 e. The first kappa shape index (κ1) is 11.0. The molecule has 1 aliphatic rings. The van der Waals surface area contributed by atoms with E-state index in [4.69, 9.17) is 10.5 Å². The van der Waals surface area contributed by atoms with Gasteiger partial charge in [0, 0.05) is 23.1 Å². The highest BCUT2D eigenvalue weighted by Gasteiger charge is 2.28. The molecule has 1 aliphatic carbocycles. The van der Waals surface area contributed by atoms with Gasteiger partial charge in [-0.05, 0) is 40.9 Å². The summed E-state index contributed by atoms with van der Waals surface area (Å²) >= 11 is 4.67. The summed E-state index contributed by atoms with van der Waals surface area (Å²) in [7, 11) is 0. The fraction of sp³-hybridized carbons (Fsp3) is 0.273. The Hall–Kier alpha value is -1.14. The lowest BCUT2D eigenvalue weighted by atomic mass is 10.3. The van der Waals surface area contributed by atoms with Crippen LogP contribution < -0.4 is 10.5 Å². The molecule has 3 rings (SSSR count). The van der Waals surface area contributed by atoms with Crippen LogP contribution in [-0.4, -0.2) is 9.36 Å². The predicted molar refractivity (Wildman–Crippen MR) is 70.5 cm³/mol. The third-order valence-corrected chi connectivity index (χ3v) is 4.01. The maximum absolute atomic E-state index is 5.78. The van der Waals surface area contributed by atoms with Crippen molar-refractivity contribution < 1.29 is 4.74 Å². The van der Waals surface area contributed by atoms with Gasteiger partial charge in [-0.3, -0.25) is 0 Å². The Morgan fingerprint density at radius 3 is 3.00 bits per heavy atom. The number of nitrogen functional groups attached to an aromatic ring is 1. The van der Waals surface area contributed by atoms with Crippen molar-refractivity contribution in [3.63, 3.8) is 0 Å². The molecule has 0 amide bonds. The van der Waals surface area contributed by atoms with Crippen LogP contribution in [0.1, 0.15) is 24.6 Å². The summed E-state index contributed by atoms with van der Waals surface area (Å²) in [6, 6.07) is 5.50. The molecule has 0 atom stereocenters. The highest BCUT2D eigenvalue weighted by molar-refractivity contribution is 9.10. The van der Waals surface area contributed by atoms with E-state index >= 15 is 0 Å². The highest BCUT2D eigenvalue weighted by atomic mass is 79.9. The number of ether oxygens (including phenoxy) is 1. The maximum atomic E-state index is 5.78. The monoisotopic (exact) mass is 311 g/mol. The number of halogens is 1. The Morgan fingerprint density at radius 1 is 1.41 bits per heavy atom. The Morgan fingerprint density at radius 2 is 2.24 bits per heavy atom. The number of benzene rings is 1. The zero-order chi connectivity index (χ0) is 11.8. The van der Waals surface area contributed by atoms with Crippen LogP contribution in [0.5, 0.6) is 10.9 Å². The zero-order valence-electron chi connectivity index (χ0n) is 8.89. The normalized spacial score (nSPS) is 14.9. The Labute approximate surface area is 111 Å². The van der Waals surface area contributed by atoms with Gasteiger partial charge in [0.15, 0.2) is 0 Å². The lowest BCUT2D eigenvalue weighted by molar-refractivity contribution is 0.474. The molecule has 0 radical (unpaired) electrons. The number of nitrogens with two attached hydrogens (primary N) is 1. The summed E-state index contributed by atoms with van der Waals surface area (Å²) in [4.78, 5) is 4.36. The maximum Gasteiger partial charge on any atom is 0.298 e. The molecule has 0 aliphatic heterocycles. The van der Waals surface area contributed by atoms with Gasteiger partial charge in [0.05, 0.1) is 4.47 Å². The Kier molecular flexibility index (Phi) is 2.76. The third-order valence-electron chi connectivity index (χ3n) is 2.56. The molecule has 1 aromatic carbocycles. The van der Waals surface area contributed by atoms with Gasteiger partial charge in [0.2, 0.25) is 0 Å². The minimum atomic E-state index is 0.549. The minimum absolute atomic E-state index is 0.549. The van der Waals surface area contributed by atoms with Gasteiger partial charge in [0.25, 0.3) is 5.19 Å². The van der Waals surface area contributed by atoms with Crippen LogP contribution in [0, 0.1) is 0 Å². The third kappa shape index (κ3) is 2.28. The second-order valence-electron chi connectivity index (χ2n) is 3.95. The Balaban J connectivity index is 1.83. The van der Waals surface area contributed by atoms with Crippen molar-refractivity contribution in [1.29, 1.82) is 0 Å². The highest BCUT2D eigenvalue weighted by Crippen LogP contribution is 2.41. The molecule has 0 bridgehead atoms. The number of nitrogens with zero attached hydrogens (tertiary/aromatic N) is 2. The first-order valence-corrected chi connectivity index (χ1v) is 6.86. The Bertz CT molecular complexity index is 553. The lowest BCUT2D eigenvalue weighted by Crippen LogP contribution is -1.90. The molecule has 1 heterocycles. The number of anilines is 1. The van der Waals surface area contributed by atoms with Crippen molar-refractivity contribution in [2.24, 2.45) is 0 Å². The topological polar surface area (TPSA) is 61.0 Å². The van der Waals surface area contributed by atoms with Gasteiger partial charge in [-0.2, -0.15) is 9.36 Å². The smallest absolute Gasteiger partial charge is 0.298 e. The average Bonchev–Trinajstić information content (AvgIpc) is 3.06. The largest absolute Gasteiger partial charge is 0.429 e. The summed E-state index contributed by atoms with van der Waals surface area (Å²) in [5.74, 6) is 2.13. The molecule has 0 spiro atoms. The molecule has 17 heavy (non-hydrogen) atoms. The van der Waals surface area contributed by atoms with Gasteiger partial charge in [-0.1, -0.05) is 6.07 Å². The van der Waals surface area contributed by atoms with Crippen molar-refractivity contribution >= 4 is 33.1 Å². The molecule has 1 fully saturated rings. The van der Waals surface area contributed by atoms with E-state index in [1.165, 1.54) is 24.4 Å². The van der Waals surface area contributed by atoms with E-state index in [0.29, 0.717) is 22.5 Å². The average molecular weight is 312 g/mol. The fourth-order valence-corrected chi connectivity index (χ4v) is 2.44. The summed E-state index contributed by atoms with van der Waals surface area (Å²) in [6.07, 6.45) is 2.39. The van der Waals surface area contributed by atoms with Gasteiger partial charge in [0.1, 0.15) is 11.6 Å². The van der Waals surface area contributed by atoms with Crippen LogP contribution >= 0.6 is 27.5 Å². The molecule has 1 aromatic heterocycles. The number of hydrogen-bond donors (Lipinski definition) is 1. The van der Waals surface area contributed by atoms with Crippen LogP contribution in [0.2, 0.25) is 0 Å². The lowest BCUT2D eigenvalue weighted by Gasteiger charge is -2.05. The van der Waals surface area contributed by atoms with E-state index in [0.717, 1.165) is 10.3 Å². The van der Waals surface area contributed by atoms with Crippen molar-refractivity contribution in [3.8, 4) is 10.9 Å². The number of hydrogen-bond acceptors (Lipinski definition) is 5. The van der Waals surface area contributed by atoms with Gasteiger partial charge >= 0.3 is 0 Å². The summed E-state index contributed by atoms with van der Waals surface area (Å²) < 4.78 is 10.7. The molecule has 0 saturated heterocycles. The quantitative estimate of drug-likeness (QED) is 0.880. The van der Waals surface area contributed by atoms with Gasteiger partial charge in [-0.25, -0.2) is 0 Å². The van der Waals surface area contributed by atoms with Crippen molar-refractivity contribution in [2.45, 2.75) is 18.8 Å². The molecule has 1 saturated carbocycles. The van der Waals surface area contributed by atoms with Crippen molar-refractivity contribution in [3.05, 3.63) is 28.5 Å². The SMILES string of the molecule is Nc1cccc(Oc2nc(C3CC3)ns2)c1Br. The van der Waals surface area contributed by atoms with E-state index < -0.39 is 0 Å². The van der Waals surface area contributed by atoms with Crippen molar-refractivity contribution in [1.82, 2.24) is 9.36 Å². The van der Waals surface area contributed by atoms with Crippen molar-refractivity contribution in [2.75, 3.05) is 5.73 Å². The molecule has 88 valence electrons. The van der Waals surface area contributed by atoms with Crippen LogP contribution in [0.3, 0.4) is 0 Å². The molecule has 6 heteroatoms. The summed E-state index contributed by atoms with van der Waals surface area (Å²) in [5.41, 5.74) is 6.43. The first-order valence-electron chi connectivity index (χ1n) is 5.29. The van der Waals surface area contributed by atoms with E-state index in [1.807, 2.05) is 18.2 Å². The number of aromatic nitrogens is 2. The first-order chi connectivity index (χ1) is 8.24. The van der Waals surface area contributed by atoms with Crippen LogP contribution in [-0.2, 0) is 0 Å². The van der Waals surface area contributed by atoms with Crippen LogP contribution in [0.25, 0.3) is 0 Å². The molecule has 4 nitrogen and oxygen atoms in total. The molecular formula is C11H10BrN3OS. The fourth-order valence-electron chi connectivity index (χ4n) is 1.47. The van der Waals surface area contributed by atoms with E-state index in [2.05, 4.69) is 25.3 Å². The second kappa shape index (κ2) is 4.27. The number of rotatable bonds is 3. The zero-order valence-corrected chi connectivity index (χ0v) is 11.3. The second-order valence-corrected chi connectivity index (χ2v) is 5.46. The van der Waals surface area contributed by atoms with E-state index in [-0.39, 0.29) is 0 Å². The van der Waals surface area contributed by atoms with Crippen LogP contribution in [0.15, 0.2) is 22.7 Å².